The summed E-state index contributed by atoms with van der Waals surface area (Å²) in [6.45, 7) is 8.89. The van der Waals surface area contributed by atoms with Crippen molar-refractivity contribution in [1.82, 2.24) is 4.58 Å². The highest BCUT2D eigenvalue weighted by Gasteiger charge is 2.37. The molecule has 3 aliphatic heterocycles. The van der Waals surface area contributed by atoms with Crippen molar-refractivity contribution in [2.24, 2.45) is 0 Å². The molecule has 0 saturated heterocycles. The number of hydrogen-bond donors (Lipinski definition) is 1. The van der Waals surface area contributed by atoms with Crippen LogP contribution in [0.4, 0.5) is 5.69 Å². The van der Waals surface area contributed by atoms with Crippen LogP contribution >= 0.6 is 0 Å². The summed E-state index contributed by atoms with van der Waals surface area (Å²) in [7, 11) is -4.18. The van der Waals surface area contributed by atoms with Crippen LogP contribution in [0.2, 0.25) is 0 Å². The second kappa shape index (κ2) is 8.52. The van der Waals surface area contributed by atoms with Crippen molar-refractivity contribution in [3.05, 3.63) is 92.0 Å². The third-order valence-corrected chi connectivity index (χ3v) is 10.1. The summed E-state index contributed by atoms with van der Waals surface area (Å²) < 4.78 is 34.9. The molecule has 3 aromatic carbocycles. The van der Waals surface area contributed by atoms with Crippen LogP contribution in [0.5, 0.6) is 0 Å². The first-order valence-corrected chi connectivity index (χ1v) is 15.4. The van der Waals surface area contributed by atoms with E-state index in [-0.39, 0.29) is 10.3 Å². The fourth-order valence-electron chi connectivity index (χ4n) is 7.58. The fraction of sp³-hybridized carbons (Fsp3) is 0.406. The van der Waals surface area contributed by atoms with Gasteiger partial charge in [0.1, 0.15) is 13.1 Å². The van der Waals surface area contributed by atoms with Gasteiger partial charge >= 0.3 is 0 Å². The first kappa shape index (κ1) is 24.1. The zero-order chi connectivity index (χ0) is 26.2. The molecule has 1 N–H and O–H groups in total. The summed E-state index contributed by atoms with van der Waals surface area (Å²) in [6, 6.07) is 14.0. The minimum Gasteiger partial charge on any atom is -0.367 e. The molecule has 3 aromatic rings. The number of fused-ring (bicyclic) bond motifs is 4. The van der Waals surface area contributed by atoms with E-state index in [1.807, 2.05) is 12.1 Å². The molecule has 0 atom stereocenters. The predicted molar refractivity (Wildman–Crippen MR) is 151 cm³/mol. The van der Waals surface area contributed by atoms with Crippen molar-refractivity contribution in [3.63, 3.8) is 0 Å². The van der Waals surface area contributed by atoms with Crippen molar-refractivity contribution in [2.75, 3.05) is 24.5 Å². The van der Waals surface area contributed by atoms with E-state index in [1.165, 1.54) is 84.1 Å². The average molecular weight is 528 g/mol. The van der Waals surface area contributed by atoms with E-state index in [0.29, 0.717) is 6.54 Å². The topological polar surface area (TPSA) is 60.6 Å². The highest BCUT2D eigenvalue weighted by atomic mass is 32.2. The van der Waals surface area contributed by atoms with Crippen molar-refractivity contribution in [2.45, 2.75) is 69.2 Å². The van der Waals surface area contributed by atoms with Gasteiger partial charge in [-0.25, -0.2) is 4.58 Å². The Morgan fingerprint density at radius 1 is 0.947 bits per heavy atom. The van der Waals surface area contributed by atoms with Crippen LogP contribution in [-0.4, -0.2) is 32.6 Å². The number of benzene rings is 3. The normalized spacial score (nSPS) is 19.1. The van der Waals surface area contributed by atoms with Gasteiger partial charge in [-0.2, -0.15) is 8.42 Å². The molecule has 0 spiro atoms. The molecule has 4 aliphatic rings. The van der Waals surface area contributed by atoms with Crippen LogP contribution in [-0.2, 0) is 41.3 Å². The molecule has 6 heteroatoms. The van der Waals surface area contributed by atoms with Gasteiger partial charge in [0.15, 0.2) is 0 Å². The van der Waals surface area contributed by atoms with Gasteiger partial charge in [0.05, 0.1) is 4.90 Å². The van der Waals surface area contributed by atoms with E-state index in [9.17, 15) is 13.0 Å². The predicted octanol–water partition coefficient (Wildman–Crippen LogP) is 3.74. The SMILES string of the molecule is CC1(C)c2cc3c(cc2C=c2cc4c5c(c21)CCC[N+]=5CCC4)CCCN3Cc1ccc(S(=O)(=O)O)cc1. The Morgan fingerprint density at radius 3 is 2.45 bits per heavy atom. The number of rotatable bonds is 3. The van der Waals surface area contributed by atoms with Crippen LogP contribution < -0.4 is 20.1 Å². The molecular weight excluding hydrogens is 492 g/mol. The Kier molecular flexibility index (Phi) is 5.41. The molecule has 0 bridgehead atoms. The fourth-order valence-corrected chi connectivity index (χ4v) is 8.06. The monoisotopic (exact) mass is 527 g/mol. The lowest BCUT2D eigenvalue weighted by atomic mass is 9.68. The summed E-state index contributed by atoms with van der Waals surface area (Å²) >= 11 is 0. The van der Waals surface area contributed by atoms with Crippen LogP contribution in [0.15, 0.2) is 47.4 Å². The van der Waals surface area contributed by atoms with Crippen LogP contribution in [0.25, 0.3) is 6.08 Å². The van der Waals surface area contributed by atoms with Crippen molar-refractivity contribution in [3.8, 4) is 0 Å². The lowest BCUT2D eigenvalue weighted by Gasteiger charge is -2.38. The van der Waals surface area contributed by atoms with E-state index in [0.717, 1.165) is 24.9 Å². The molecule has 5 nitrogen and oxygen atoms in total. The molecular formula is C32H35N2O3S+. The van der Waals surface area contributed by atoms with Gasteiger partial charge in [0.25, 0.3) is 10.1 Å². The summed E-state index contributed by atoms with van der Waals surface area (Å²) in [6.07, 6.45) is 9.48. The van der Waals surface area contributed by atoms with Crippen molar-refractivity contribution < 1.29 is 13.0 Å². The Balaban J connectivity index is 1.33. The third-order valence-electron chi connectivity index (χ3n) is 9.22. The largest absolute Gasteiger partial charge is 0.367 e. The molecule has 3 heterocycles. The minimum absolute atomic E-state index is 0.0602. The Labute approximate surface area is 224 Å². The van der Waals surface area contributed by atoms with E-state index in [2.05, 4.69) is 47.6 Å². The lowest BCUT2D eigenvalue weighted by molar-refractivity contribution is 0.472. The molecule has 0 aromatic heterocycles. The maximum Gasteiger partial charge on any atom is 0.294 e. The number of hydrogen-bond acceptors (Lipinski definition) is 3. The molecule has 0 fully saturated rings. The minimum atomic E-state index is -4.18. The molecule has 7 rings (SSSR count). The zero-order valence-electron chi connectivity index (χ0n) is 22.3. The zero-order valence-corrected chi connectivity index (χ0v) is 23.1. The third kappa shape index (κ3) is 3.76. The number of aryl methyl sites for hydroxylation is 2. The molecule has 1 aliphatic carbocycles. The molecule has 0 unspecified atom stereocenters. The summed E-state index contributed by atoms with van der Waals surface area (Å²) in [4.78, 5) is 2.38. The molecule has 196 valence electrons. The first-order valence-electron chi connectivity index (χ1n) is 14.0. The average Bonchev–Trinajstić information content (AvgIpc) is 2.88. The summed E-state index contributed by atoms with van der Waals surface area (Å²) in [5.41, 5.74) is 11.1. The standard InChI is InChI=1S/C32H34N2O3S/c1-32(2)28-19-29-22(6-3-15-34(29)20-21-9-11-26(12-10-21)38(35,36)37)16-24(28)18-25-17-23-7-4-13-33-14-5-8-27(30(25)32)31(23)33/h9-12,16-19H,3-8,13-15,20H2,1-2H3/p+1. The van der Waals surface area contributed by atoms with E-state index in [1.54, 1.807) is 16.5 Å². The molecule has 0 saturated carbocycles. The highest BCUT2D eigenvalue weighted by molar-refractivity contribution is 7.85. The van der Waals surface area contributed by atoms with E-state index in [4.69, 9.17) is 0 Å². The Hall–Kier alpha value is -2.96. The maximum atomic E-state index is 11.5. The van der Waals surface area contributed by atoms with Gasteiger partial charge in [0.2, 0.25) is 5.36 Å². The van der Waals surface area contributed by atoms with Gasteiger partial charge in [-0.05, 0) is 95.1 Å². The Morgan fingerprint density at radius 2 is 1.68 bits per heavy atom. The maximum absolute atomic E-state index is 11.5. The van der Waals surface area contributed by atoms with E-state index >= 15 is 0 Å². The number of anilines is 1. The van der Waals surface area contributed by atoms with Gasteiger partial charge in [-0.1, -0.05) is 26.0 Å². The molecule has 38 heavy (non-hydrogen) atoms. The first-order chi connectivity index (χ1) is 18.2. The van der Waals surface area contributed by atoms with Gasteiger partial charge in [0, 0.05) is 48.2 Å². The highest BCUT2D eigenvalue weighted by Crippen LogP contribution is 2.42. The van der Waals surface area contributed by atoms with Crippen molar-refractivity contribution >= 4 is 21.9 Å². The smallest absolute Gasteiger partial charge is 0.294 e. The molecule has 0 amide bonds. The quantitative estimate of drug-likeness (QED) is 0.417. The molecule has 0 radical (unpaired) electrons. The van der Waals surface area contributed by atoms with Crippen LogP contribution in [0, 0.1) is 0 Å². The van der Waals surface area contributed by atoms with Gasteiger partial charge in [-0.3, -0.25) is 4.55 Å². The van der Waals surface area contributed by atoms with Crippen molar-refractivity contribution in [1.29, 1.82) is 0 Å². The second-order valence-corrected chi connectivity index (χ2v) is 13.4. The Bertz CT molecular complexity index is 1720. The van der Waals surface area contributed by atoms with Crippen LogP contribution in [0.1, 0.15) is 72.1 Å². The van der Waals surface area contributed by atoms with Gasteiger partial charge < -0.3 is 4.90 Å². The number of nitrogens with zero attached hydrogens (tertiary/aromatic N) is 2. The summed E-state index contributed by atoms with van der Waals surface area (Å²) in [5, 5.41) is 2.96. The van der Waals surface area contributed by atoms with E-state index < -0.39 is 10.1 Å². The lowest BCUT2D eigenvalue weighted by Crippen LogP contribution is -2.48. The second-order valence-electron chi connectivity index (χ2n) is 12.0. The van der Waals surface area contributed by atoms with Gasteiger partial charge in [-0.15, -0.1) is 0 Å². The summed E-state index contributed by atoms with van der Waals surface area (Å²) in [5.74, 6) is 0. The van der Waals surface area contributed by atoms with Crippen LogP contribution in [0.3, 0.4) is 0 Å².